The number of nitriles is 1. The van der Waals surface area contributed by atoms with Gasteiger partial charge in [0.15, 0.2) is 5.11 Å². The number of hydrogen-bond donors (Lipinski definition) is 3. The number of thioether (sulfide) groups is 1. The SMILES string of the molecule is CCC(Sc1cccc(NC(=S)Nc2ccccc2)c1)C(=O)Nc1sc2c(c1C#N)CCC(c1ccccc1)C2. The van der Waals surface area contributed by atoms with Crippen LogP contribution in [0.5, 0.6) is 0 Å². The molecule has 0 bridgehead atoms. The minimum atomic E-state index is -0.299. The van der Waals surface area contributed by atoms with Crippen LogP contribution in [0.2, 0.25) is 0 Å². The number of nitrogens with zero attached hydrogens (tertiary/aromatic N) is 1. The molecule has 1 aliphatic carbocycles. The van der Waals surface area contributed by atoms with Gasteiger partial charge >= 0.3 is 0 Å². The fourth-order valence-electron chi connectivity index (χ4n) is 4.94. The van der Waals surface area contributed by atoms with Crippen LogP contribution in [0.25, 0.3) is 0 Å². The largest absolute Gasteiger partial charge is 0.332 e. The Hall–Kier alpha value is -3.64. The third-order valence-electron chi connectivity index (χ3n) is 6.95. The molecule has 2 unspecified atom stereocenters. The third-order valence-corrected chi connectivity index (χ3v) is 9.68. The number of anilines is 3. The molecule has 2 atom stereocenters. The minimum absolute atomic E-state index is 0.0816. The van der Waals surface area contributed by atoms with E-state index in [-0.39, 0.29) is 11.2 Å². The molecule has 1 heterocycles. The summed E-state index contributed by atoms with van der Waals surface area (Å²) in [7, 11) is 0. The second kappa shape index (κ2) is 13.1. The number of thiophene rings is 1. The van der Waals surface area contributed by atoms with Gasteiger partial charge in [0.1, 0.15) is 11.1 Å². The number of amides is 1. The standard InChI is InChI=1S/C32H30N4OS3/c1-2-28(39-25-15-9-14-24(19-25)35-32(38)34-23-12-7-4-8-13-23)30(37)36-31-27(20-33)26-17-16-22(18-29(26)40-31)21-10-5-3-6-11-21/h3-15,19,22,28H,2,16-18H2,1H3,(H,36,37)(H2,34,35,38). The molecule has 0 aliphatic heterocycles. The van der Waals surface area contributed by atoms with Gasteiger partial charge in [0.2, 0.25) is 5.91 Å². The monoisotopic (exact) mass is 582 g/mol. The number of carbonyl (C=O) groups is 1. The molecule has 1 aromatic heterocycles. The molecule has 8 heteroatoms. The molecule has 3 aromatic carbocycles. The number of benzene rings is 3. The summed E-state index contributed by atoms with van der Waals surface area (Å²) in [6, 6.07) is 30.6. The van der Waals surface area contributed by atoms with E-state index in [2.05, 4.69) is 46.3 Å². The molecule has 0 radical (unpaired) electrons. The van der Waals surface area contributed by atoms with Crippen LogP contribution >= 0.6 is 35.3 Å². The van der Waals surface area contributed by atoms with Gasteiger partial charge in [-0.3, -0.25) is 4.79 Å². The van der Waals surface area contributed by atoms with Gasteiger partial charge in [-0.25, -0.2) is 0 Å². The average molecular weight is 583 g/mol. The van der Waals surface area contributed by atoms with Crippen molar-refractivity contribution in [2.24, 2.45) is 0 Å². The predicted octanol–water partition coefficient (Wildman–Crippen LogP) is 8.21. The van der Waals surface area contributed by atoms with Gasteiger partial charge < -0.3 is 16.0 Å². The maximum Gasteiger partial charge on any atom is 0.238 e. The summed E-state index contributed by atoms with van der Waals surface area (Å²) in [5.74, 6) is 0.361. The highest BCUT2D eigenvalue weighted by atomic mass is 32.2. The highest BCUT2D eigenvalue weighted by Gasteiger charge is 2.28. The molecule has 0 saturated carbocycles. The van der Waals surface area contributed by atoms with E-state index in [4.69, 9.17) is 12.2 Å². The number of rotatable bonds is 8. The first-order valence-electron chi connectivity index (χ1n) is 13.3. The van der Waals surface area contributed by atoms with Crippen LogP contribution in [0.1, 0.15) is 47.3 Å². The first-order valence-corrected chi connectivity index (χ1v) is 15.4. The van der Waals surface area contributed by atoms with Crippen molar-refractivity contribution in [3.05, 3.63) is 106 Å². The molecule has 202 valence electrons. The Morgan fingerprint density at radius 1 is 1.02 bits per heavy atom. The summed E-state index contributed by atoms with van der Waals surface area (Å²) in [6.45, 7) is 2.01. The molecular formula is C32H30N4OS3. The van der Waals surface area contributed by atoms with Gasteiger partial charge in [-0.15, -0.1) is 23.1 Å². The highest BCUT2D eigenvalue weighted by Crippen LogP contribution is 2.42. The van der Waals surface area contributed by atoms with E-state index >= 15 is 0 Å². The van der Waals surface area contributed by atoms with E-state index in [1.807, 2.05) is 67.6 Å². The van der Waals surface area contributed by atoms with E-state index in [0.29, 0.717) is 28.0 Å². The Morgan fingerprint density at radius 3 is 2.45 bits per heavy atom. The molecule has 1 aliphatic rings. The Kier molecular flexibility index (Phi) is 9.17. The van der Waals surface area contributed by atoms with E-state index in [1.54, 1.807) is 11.3 Å². The van der Waals surface area contributed by atoms with Crippen molar-refractivity contribution >= 4 is 62.7 Å². The smallest absolute Gasteiger partial charge is 0.238 e. The van der Waals surface area contributed by atoms with Crippen molar-refractivity contribution in [1.29, 1.82) is 5.26 Å². The van der Waals surface area contributed by atoms with Crippen LogP contribution in [0.4, 0.5) is 16.4 Å². The molecule has 0 saturated heterocycles. The molecule has 40 heavy (non-hydrogen) atoms. The first-order chi connectivity index (χ1) is 19.5. The number of thiocarbonyl (C=S) groups is 1. The van der Waals surface area contributed by atoms with Gasteiger partial charge in [0, 0.05) is 21.1 Å². The van der Waals surface area contributed by atoms with Crippen LogP contribution < -0.4 is 16.0 Å². The molecule has 0 spiro atoms. The lowest BCUT2D eigenvalue weighted by molar-refractivity contribution is -0.115. The Balaban J connectivity index is 1.24. The van der Waals surface area contributed by atoms with Gasteiger partial charge in [-0.05, 0) is 85.3 Å². The number of nitrogens with one attached hydrogen (secondary N) is 3. The Morgan fingerprint density at radius 2 is 1.73 bits per heavy atom. The third kappa shape index (κ3) is 6.73. The van der Waals surface area contributed by atoms with Gasteiger partial charge in [0.05, 0.1) is 10.8 Å². The van der Waals surface area contributed by atoms with E-state index < -0.39 is 0 Å². The fraction of sp³-hybridized carbons (Fsp3) is 0.219. The van der Waals surface area contributed by atoms with Crippen LogP contribution in [-0.2, 0) is 17.6 Å². The van der Waals surface area contributed by atoms with Crippen molar-refractivity contribution in [3.63, 3.8) is 0 Å². The second-order valence-corrected chi connectivity index (χ2v) is 12.4. The zero-order valence-corrected chi connectivity index (χ0v) is 24.6. The van der Waals surface area contributed by atoms with Crippen molar-refractivity contribution in [2.45, 2.75) is 48.7 Å². The van der Waals surface area contributed by atoms with Crippen LogP contribution in [0, 0.1) is 11.3 Å². The lowest BCUT2D eigenvalue weighted by Crippen LogP contribution is -2.24. The zero-order valence-electron chi connectivity index (χ0n) is 22.1. The lowest BCUT2D eigenvalue weighted by atomic mass is 9.83. The second-order valence-electron chi connectivity index (χ2n) is 9.65. The van der Waals surface area contributed by atoms with Crippen molar-refractivity contribution < 1.29 is 4.79 Å². The van der Waals surface area contributed by atoms with E-state index in [0.717, 1.165) is 41.1 Å². The summed E-state index contributed by atoms with van der Waals surface area (Å²) in [6.07, 6.45) is 3.43. The van der Waals surface area contributed by atoms with Crippen LogP contribution in [0.3, 0.4) is 0 Å². The highest BCUT2D eigenvalue weighted by molar-refractivity contribution is 8.00. The molecule has 5 nitrogen and oxygen atoms in total. The Labute approximate surface area is 249 Å². The molecule has 1 amide bonds. The van der Waals surface area contributed by atoms with E-state index in [9.17, 15) is 10.1 Å². The molecule has 0 fully saturated rings. The Bertz CT molecular complexity index is 1530. The van der Waals surface area contributed by atoms with Crippen molar-refractivity contribution in [2.75, 3.05) is 16.0 Å². The summed E-state index contributed by atoms with van der Waals surface area (Å²) >= 11 is 8.54. The molecule has 4 aromatic rings. The first kappa shape index (κ1) is 27.9. The van der Waals surface area contributed by atoms with Gasteiger partial charge in [0.25, 0.3) is 0 Å². The normalized spacial score (nSPS) is 14.8. The predicted molar refractivity (Wildman–Crippen MR) is 172 cm³/mol. The maximum absolute atomic E-state index is 13.4. The number of carbonyl (C=O) groups excluding carboxylic acids is 1. The molecular weight excluding hydrogens is 553 g/mol. The zero-order chi connectivity index (χ0) is 27.9. The van der Waals surface area contributed by atoms with Crippen molar-refractivity contribution in [1.82, 2.24) is 0 Å². The molecule has 5 rings (SSSR count). The van der Waals surface area contributed by atoms with Crippen LogP contribution in [-0.4, -0.2) is 16.3 Å². The minimum Gasteiger partial charge on any atom is -0.332 e. The summed E-state index contributed by atoms with van der Waals surface area (Å²) in [5.41, 5.74) is 4.83. The van der Waals surface area contributed by atoms with Gasteiger partial charge in [-0.2, -0.15) is 5.26 Å². The summed E-state index contributed by atoms with van der Waals surface area (Å²) in [4.78, 5) is 15.6. The number of para-hydroxylation sites is 1. The lowest BCUT2D eigenvalue weighted by Gasteiger charge is -2.22. The number of fused-ring (bicyclic) bond motifs is 1. The van der Waals surface area contributed by atoms with Crippen molar-refractivity contribution in [3.8, 4) is 6.07 Å². The quantitative estimate of drug-likeness (QED) is 0.144. The average Bonchev–Trinajstić information content (AvgIpc) is 3.33. The maximum atomic E-state index is 13.4. The topological polar surface area (TPSA) is 76.9 Å². The number of hydrogen-bond acceptors (Lipinski definition) is 5. The van der Waals surface area contributed by atoms with E-state index in [1.165, 1.54) is 22.2 Å². The van der Waals surface area contributed by atoms with Gasteiger partial charge in [-0.1, -0.05) is 61.5 Å². The summed E-state index contributed by atoms with van der Waals surface area (Å²) in [5, 5.41) is 20.3. The molecule has 3 N–H and O–H groups in total. The fourth-order valence-corrected chi connectivity index (χ4v) is 7.47. The van der Waals surface area contributed by atoms with Crippen LogP contribution in [0.15, 0.2) is 89.8 Å². The summed E-state index contributed by atoms with van der Waals surface area (Å²) < 4.78 is 0.